The Hall–Kier alpha value is -2.69. The summed E-state index contributed by atoms with van der Waals surface area (Å²) < 4.78 is 0. The van der Waals surface area contributed by atoms with Crippen molar-refractivity contribution in [2.45, 2.75) is 76.5 Å². The molecule has 2 aliphatic heterocycles. The molecular formula is C20H32N4O7. The van der Waals surface area contributed by atoms with Gasteiger partial charge in [0.15, 0.2) is 0 Å². The van der Waals surface area contributed by atoms with E-state index < -0.39 is 54.3 Å². The maximum atomic E-state index is 13.3. The molecule has 11 heteroatoms. The van der Waals surface area contributed by atoms with Crippen molar-refractivity contribution in [3.63, 3.8) is 0 Å². The molecule has 2 rings (SSSR count). The molecule has 0 saturated carbocycles. The van der Waals surface area contributed by atoms with E-state index in [0.29, 0.717) is 45.2 Å². The molecule has 5 unspecified atom stereocenters. The molecule has 2 saturated heterocycles. The van der Waals surface area contributed by atoms with Crippen LogP contribution in [0.4, 0.5) is 0 Å². The monoisotopic (exact) mass is 440 g/mol. The normalized spacial score (nSPS) is 23.8. The summed E-state index contributed by atoms with van der Waals surface area (Å²) in [6.07, 6.45) is 1.99. The van der Waals surface area contributed by atoms with Crippen LogP contribution in [0.5, 0.6) is 0 Å². The number of likely N-dealkylation sites (tertiary alicyclic amines) is 2. The second-order valence-electron chi connectivity index (χ2n) is 8.29. The zero-order valence-electron chi connectivity index (χ0n) is 18.0. The van der Waals surface area contributed by atoms with Crippen LogP contribution in [0.2, 0.25) is 0 Å². The van der Waals surface area contributed by atoms with Gasteiger partial charge in [0.05, 0.1) is 12.5 Å². The number of nitrogens with one attached hydrogen (secondary N) is 1. The van der Waals surface area contributed by atoms with Crippen LogP contribution in [-0.2, 0) is 24.0 Å². The van der Waals surface area contributed by atoms with Crippen LogP contribution in [0, 0.1) is 5.92 Å². The Kier molecular flexibility index (Phi) is 8.37. The number of carbonyl (C=O) groups excluding carboxylic acids is 3. The molecule has 11 nitrogen and oxygen atoms in total. The number of carboxylic acids is 2. The van der Waals surface area contributed by atoms with Crippen LogP contribution in [0.1, 0.15) is 52.4 Å². The Morgan fingerprint density at radius 1 is 1.03 bits per heavy atom. The molecule has 3 amide bonds. The minimum Gasteiger partial charge on any atom is -0.481 e. The smallest absolute Gasteiger partial charge is 0.326 e. The van der Waals surface area contributed by atoms with Gasteiger partial charge in [-0.25, -0.2) is 4.79 Å². The number of aliphatic carboxylic acids is 2. The molecule has 0 aromatic carbocycles. The molecule has 0 aliphatic carbocycles. The number of rotatable bonds is 9. The maximum Gasteiger partial charge on any atom is 0.326 e. The third-order valence-electron chi connectivity index (χ3n) is 6.15. The Bertz CT molecular complexity index is 728. The highest BCUT2D eigenvalue weighted by Crippen LogP contribution is 2.26. The highest BCUT2D eigenvalue weighted by molar-refractivity contribution is 5.95. The van der Waals surface area contributed by atoms with E-state index in [4.69, 9.17) is 10.8 Å². The zero-order valence-corrected chi connectivity index (χ0v) is 18.0. The van der Waals surface area contributed by atoms with Crippen molar-refractivity contribution >= 4 is 29.7 Å². The van der Waals surface area contributed by atoms with Crippen molar-refractivity contribution in [1.82, 2.24) is 15.1 Å². The van der Waals surface area contributed by atoms with E-state index in [0.717, 1.165) is 0 Å². The van der Waals surface area contributed by atoms with Gasteiger partial charge in [-0.15, -0.1) is 0 Å². The van der Waals surface area contributed by atoms with E-state index >= 15 is 0 Å². The van der Waals surface area contributed by atoms with Gasteiger partial charge in [-0.3, -0.25) is 19.2 Å². The SMILES string of the molecule is CCC(C)C(NC(=O)C(N)CC(=O)O)C(=O)N1CCCC1C(=O)N1CCCC1C(=O)O. The van der Waals surface area contributed by atoms with Gasteiger partial charge < -0.3 is 31.1 Å². The summed E-state index contributed by atoms with van der Waals surface area (Å²) in [7, 11) is 0. The summed E-state index contributed by atoms with van der Waals surface area (Å²) in [5, 5.41) is 20.8. The van der Waals surface area contributed by atoms with E-state index in [-0.39, 0.29) is 11.8 Å². The second-order valence-corrected chi connectivity index (χ2v) is 8.29. The first-order valence-corrected chi connectivity index (χ1v) is 10.7. The lowest BCUT2D eigenvalue weighted by Gasteiger charge is -2.34. The Morgan fingerprint density at radius 3 is 2.16 bits per heavy atom. The van der Waals surface area contributed by atoms with Gasteiger partial charge in [-0.1, -0.05) is 20.3 Å². The molecule has 0 spiro atoms. The minimum atomic E-state index is -1.30. The van der Waals surface area contributed by atoms with E-state index in [1.807, 2.05) is 6.92 Å². The molecule has 0 aromatic rings. The Morgan fingerprint density at radius 2 is 1.61 bits per heavy atom. The number of nitrogens with two attached hydrogens (primary N) is 1. The zero-order chi connectivity index (χ0) is 23.3. The third-order valence-corrected chi connectivity index (χ3v) is 6.15. The molecule has 2 fully saturated rings. The molecule has 31 heavy (non-hydrogen) atoms. The Balaban J connectivity index is 2.17. The molecule has 174 valence electrons. The summed E-state index contributed by atoms with van der Waals surface area (Å²) in [5.74, 6) is -4.12. The summed E-state index contributed by atoms with van der Waals surface area (Å²) in [5.41, 5.74) is 5.63. The Labute approximate surface area is 180 Å². The lowest BCUT2D eigenvalue weighted by molar-refractivity contribution is -0.152. The van der Waals surface area contributed by atoms with Crippen LogP contribution in [0.3, 0.4) is 0 Å². The molecular weight excluding hydrogens is 408 g/mol. The van der Waals surface area contributed by atoms with Crippen LogP contribution in [-0.4, -0.2) is 86.9 Å². The van der Waals surface area contributed by atoms with Crippen LogP contribution < -0.4 is 11.1 Å². The first-order valence-electron chi connectivity index (χ1n) is 10.7. The molecule has 2 aliphatic rings. The molecule has 0 radical (unpaired) electrons. The minimum absolute atomic E-state index is 0.275. The lowest BCUT2D eigenvalue weighted by Crippen LogP contribution is -2.58. The summed E-state index contributed by atoms with van der Waals surface area (Å²) >= 11 is 0. The number of carbonyl (C=O) groups is 5. The third kappa shape index (κ3) is 5.72. The number of hydrogen-bond acceptors (Lipinski definition) is 6. The van der Waals surface area contributed by atoms with Crippen molar-refractivity contribution in [2.75, 3.05) is 13.1 Å². The average molecular weight is 440 g/mol. The van der Waals surface area contributed by atoms with Crippen LogP contribution >= 0.6 is 0 Å². The van der Waals surface area contributed by atoms with Gasteiger partial charge in [0, 0.05) is 13.1 Å². The predicted molar refractivity (Wildman–Crippen MR) is 109 cm³/mol. The number of amides is 3. The summed E-state index contributed by atoms with van der Waals surface area (Å²) in [4.78, 5) is 63.8. The largest absolute Gasteiger partial charge is 0.481 e. The van der Waals surface area contributed by atoms with E-state index in [1.54, 1.807) is 6.92 Å². The van der Waals surface area contributed by atoms with Gasteiger partial charge in [-0.2, -0.15) is 0 Å². The van der Waals surface area contributed by atoms with Crippen molar-refractivity contribution in [1.29, 1.82) is 0 Å². The van der Waals surface area contributed by atoms with E-state index in [2.05, 4.69) is 5.32 Å². The van der Waals surface area contributed by atoms with Gasteiger partial charge in [0.2, 0.25) is 17.7 Å². The predicted octanol–water partition coefficient (Wildman–Crippen LogP) is -0.614. The lowest BCUT2D eigenvalue weighted by atomic mass is 9.96. The number of hydrogen-bond donors (Lipinski definition) is 4. The highest BCUT2D eigenvalue weighted by Gasteiger charge is 2.44. The van der Waals surface area contributed by atoms with Crippen LogP contribution in [0.25, 0.3) is 0 Å². The van der Waals surface area contributed by atoms with E-state index in [1.165, 1.54) is 9.80 Å². The number of nitrogens with zero attached hydrogens (tertiary/aromatic N) is 2. The average Bonchev–Trinajstić information content (AvgIpc) is 3.39. The quantitative estimate of drug-likeness (QED) is 0.368. The van der Waals surface area contributed by atoms with Crippen molar-refractivity contribution in [3.05, 3.63) is 0 Å². The molecule has 5 N–H and O–H groups in total. The fourth-order valence-electron chi connectivity index (χ4n) is 4.17. The van der Waals surface area contributed by atoms with Gasteiger partial charge in [0.1, 0.15) is 18.1 Å². The first-order chi connectivity index (χ1) is 14.6. The standard InChI is InChI=1S/C20H32N4O7/c1-3-11(2)16(22-17(27)12(21)10-15(25)26)19(29)23-8-4-6-13(23)18(28)24-9-5-7-14(24)20(30)31/h11-14,16H,3-10,21H2,1-2H3,(H,22,27)(H,25,26)(H,30,31). The summed E-state index contributed by atoms with van der Waals surface area (Å²) in [6, 6.07) is -3.92. The topological polar surface area (TPSA) is 170 Å². The fraction of sp³-hybridized carbons (Fsp3) is 0.750. The van der Waals surface area contributed by atoms with Gasteiger partial charge in [0.25, 0.3) is 0 Å². The molecule has 0 aromatic heterocycles. The maximum absolute atomic E-state index is 13.3. The van der Waals surface area contributed by atoms with Crippen molar-refractivity contribution in [2.24, 2.45) is 11.7 Å². The van der Waals surface area contributed by atoms with Gasteiger partial charge in [-0.05, 0) is 31.6 Å². The highest BCUT2D eigenvalue weighted by atomic mass is 16.4. The first kappa shape index (κ1) is 24.6. The van der Waals surface area contributed by atoms with Crippen molar-refractivity contribution < 1.29 is 34.2 Å². The molecule has 2 heterocycles. The van der Waals surface area contributed by atoms with Gasteiger partial charge >= 0.3 is 11.9 Å². The van der Waals surface area contributed by atoms with Crippen molar-refractivity contribution in [3.8, 4) is 0 Å². The fourth-order valence-corrected chi connectivity index (χ4v) is 4.17. The number of carboxylic acid groups (broad SMARTS) is 2. The van der Waals surface area contributed by atoms with E-state index in [9.17, 15) is 29.1 Å². The second kappa shape index (κ2) is 10.6. The van der Waals surface area contributed by atoms with Crippen LogP contribution in [0.15, 0.2) is 0 Å². The molecule has 0 bridgehead atoms. The summed E-state index contributed by atoms with van der Waals surface area (Å²) in [6.45, 7) is 4.29. The molecule has 5 atom stereocenters.